The Morgan fingerprint density at radius 3 is 2.33 bits per heavy atom. The van der Waals surface area contributed by atoms with Gasteiger partial charge in [0.25, 0.3) is 0 Å². The van der Waals surface area contributed by atoms with Crippen LogP contribution in [-0.2, 0) is 14.8 Å². The van der Waals surface area contributed by atoms with Crippen LogP contribution >= 0.6 is 11.8 Å². The van der Waals surface area contributed by atoms with Gasteiger partial charge in [-0.2, -0.15) is 4.31 Å². The number of nitrogens with zero attached hydrogens (tertiary/aromatic N) is 2. The zero-order chi connectivity index (χ0) is 21.6. The van der Waals surface area contributed by atoms with Gasteiger partial charge in [0.2, 0.25) is 15.9 Å². The third-order valence-electron chi connectivity index (χ3n) is 5.16. The van der Waals surface area contributed by atoms with Crippen molar-refractivity contribution in [1.29, 1.82) is 0 Å². The number of rotatable bonds is 7. The van der Waals surface area contributed by atoms with Crippen LogP contribution in [0.5, 0.6) is 0 Å². The molecular formula is C22H27N3O3S2. The lowest BCUT2D eigenvalue weighted by molar-refractivity contribution is -0.121. The van der Waals surface area contributed by atoms with Crippen molar-refractivity contribution in [2.75, 3.05) is 37.8 Å². The smallest absolute Gasteiger partial charge is 0.241 e. The highest BCUT2D eigenvalue weighted by Gasteiger charge is 2.30. The molecule has 3 rings (SSSR count). The van der Waals surface area contributed by atoms with E-state index < -0.39 is 10.0 Å². The number of nitrogens with one attached hydrogen (secondary N) is 1. The molecular weight excluding hydrogens is 418 g/mol. The van der Waals surface area contributed by atoms with E-state index in [0.717, 1.165) is 16.1 Å². The van der Waals surface area contributed by atoms with Gasteiger partial charge in [0.05, 0.1) is 11.7 Å². The van der Waals surface area contributed by atoms with Crippen LogP contribution in [0.25, 0.3) is 6.08 Å². The van der Waals surface area contributed by atoms with Crippen LogP contribution in [0.15, 0.2) is 64.9 Å². The lowest BCUT2D eigenvalue weighted by atomic mass is 10.2. The van der Waals surface area contributed by atoms with Crippen LogP contribution in [0.4, 0.5) is 5.69 Å². The number of sulfonamides is 1. The molecule has 0 aromatic heterocycles. The largest absolute Gasteiger partial charge is 0.324 e. The van der Waals surface area contributed by atoms with Crippen LogP contribution in [0.2, 0.25) is 0 Å². The molecule has 1 fully saturated rings. The first-order valence-electron chi connectivity index (χ1n) is 9.82. The monoisotopic (exact) mass is 445 g/mol. The summed E-state index contributed by atoms with van der Waals surface area (Å²) in [6.07, 6.45) is 3.58. The van der Waals surface area contributed by atoms with Crippen molar-refractivity contribution in [3.63, 3.8) is 0 Å². The normalized spacial score (nSPS) is 17.1. The number of hydrogen-bond acceptors (Lipinski definition) is 5. The Labute approximate surface area is 183 Å². The Morgan fingerprint density at radius 2 is 1.67 bits per heavy atom. The van der Waals surface area contributed by atoms with Gasteiger partial charge in [-0.25, -0.2) is 8.42 Å². The highest BCUT2D eigenvalue weighted by molar-refractivity contribution is 7.98. The molecule has 1 amide bonds. The molecule has 30 heavy (non-hydrogen) atoms. The van der Waals surface area contributed by atoms with Crippen molar-refractivity contribution in [3.8, 4) is 0 Å². The van der Waals surface area contributed by atoms with E-state index in [0.29, 0.717) is 26.2 Å². The minimum absolute atomic E-state index is 0.0863. The highest BCUT2D eigenvalue weighted by Crippen LogP contribution is 2.25. The Kier molecular flexibility index (Phi) is 7.71. The summed E-state index contributed by atoms with van der Waals surface area (Å²) in [4.78, 5) is 15.7. The molecule has 1 saturated heterocycles. The van der Waals surface area contributed by atoms with E-state index in [1.54, 1.807) is 17.8 Å². The molecule has 0 bridgehead atoms. The second-order valence-corrected chi connectivity index (χ2v) is 9.73. The van der Waals surface area contributed by atoms with Crippen molar-refractivity contribution >= 4 is 39.5 Å². The summed E-state index contributed by atoms with van der Waals surface area (Å²) in [7, 11) is -3.49. The van der Waals surface area contributed by atoms with E-state index in [1.807, 2.05) is 72.7 Å². The number of amides is 1. The fourth-order valence-corrected chi connectivity index (χ4v) is 5.04. The summed E-state index contributed by atoms with van der Waals surface area (Å²) in [5.41, 5.74) is 1.64. The van der Waals surface area contributed by atoms with Crippen LogP contribution in [0.3, 0.4) is 0 Å². The first-order chi connectivity index (χ1) is 14.4. The first kappa shape index (κ1) is 22.6. The molecule has 0 saturated carbocycles. The van der Waals surface area contributed by atoms with Crippen molar-refractivity contribution in [1.82, 2.24) is 9.21 Å². The van der Waals surface area contributed by atoms with Crippen LogP contribution in [-0.4, -0.2) is 62.0 Å². The third-order valence-corrected chi connectivity index (χ3v) is 7.52. The molecule has 1 N–H and O–H groups in total. The van der Waals surface area contributed by atoms with E-state index >= 15 is 0 Å². The summed E-state index contributed by atoms with van der Waals surface area (Å²) in [6.45, 7) is 3.60. The molecule has 160 valence electrons. The molecule has 1 atom stereocenters. The lowest BCUT2D eigenvalue weighted by Crippen LogP contribution is -2.53. The molecule has 8 heteroatoms. The van der Waals surface area contributed by atoms with Crippen LogP contribution < -0.4 is 5.32 Å². The number of benzene rings is 2. The SMILES string of the molecule is CSc1ccccc1NC(=O)C(C)N1CCN(S(=O)(=O)/C=C/c2ccccc2)CC1. The maximum absolute atomic E-state index is 12.7. The van der Waals surface area contributed by atoms with E-state index in [9.17, 15) is 13.2 Å². The van der Waals surface area contributed by atoms with Crippen molar-refractivity contribution < 1.29 is 13.2 Å². The van der Waals surface area contributed by atoms with E-state index in [4.69, 9.17) is 0 Å². The quantitative estimate of drug-likeness (QED) is 0.662. The molecule has 1 aliphatic heterocycles. The van der Waals surface area contributed by atoms with Crippen molar-refractivity contribution in [2.24, 2.45) is 0 Å². The third kappa shape index (κ3) is 5.72. The summed E-state index contributed by atoms with van der Waals surface area (Å²) in [5, 5.41) is 4.25. The number of hydrogen-bond donors (Lipinski definition) is 1. The molecule has 2 aromatic carbocycles. The number of piperazine rings is 1. The fourth-order valence-electron chi connectivity index (χ4n) is 3.31. The van der Waals surface area contributed by atoms with Gasteiger partial charge in [-0.05, 0) is 37.0 Å². The Bertz CT molecular complexity index is 986. The second-order valence-electron chi connectivity index (χ2n) is 7.06. The predicted molar refractivity (Wildman–Crippen MR) is 124 cm³/mol. The van der Waals surface area contributed by atoms with Gasteiger partial charge in [-0.3, -0.25) is 9.69 Å². The topological polar surface area (TPSA) is 69.7 Å². The number of anilines is 1. The number of carbonyl (C=O) groups is 1. The maximum atomic E-state index is 12.7. The molecule has 1 unspecified atom stereocenters. The van der Waals surface area contributed by atoms with Crippen LogP contribution in [0, 0.1) is 0 Å². The van der Waals surface area contributed by atoms with Gasteiger partial charge in [0.15, 0.2) is 0 Å². The van der Waals surface area contributed by atoms with Gasteiger partial charge in [-0.15, -0.1) is 11.8 Å². The summed E-state index contributed by atoms with van der Waals surface area (Å²) < 4.78 is 26.7. The summed E-state index contributed by atoms with van der Waals surface area (Å²) in [6, 6.07) is 16.7. The van der Waals surface area contributed by atoms with E-state index in [-0.39, 0.29) is 11.9 Å². The molecule has 6 nitrogen and oxygen atoms in total. The number of carbonyl (C=O) groups excluding carboxylic acids is 1. The van der Waals surface area contributed by atoms with Gasteiger partial charge >= 0.3 is 0 Å². The summed E-state index contributed by atoms with van der Waals surface area (Å²) >= 11 is 1.58. The fraction of sp³-hybridized carbons (Fsp3) is 0.318. The molecule has 1 heterocycles. The Morgan fingerprint density at radius 1 is 1.03 bits per heavy atom. The van der Waals surface area contributed by atoms with Crippen LogP contribution in [0.1, 0.15) is 12.5 Å². The Hall–Kier alpha value is -2.13. The number of para-hydroxylation sites is 1. The molecule has 0 radical (unpaired) electrons. The Balaban J connectivity index is 1.56. The molecule has 2 aromatic rings. The average molecular weight is 446 g/mol. The zero-order valence-corrected chi connectivity index (χ0v) is 18.8. The first-order valence-corrected chi connectivity index (χ1v) is 12.5. The number of thioether (sulfide) groups is 1. The van der Waals surface area contributed by atoms with Crippen molar-refractivity contribution in [3.05, 3.63) is 65.6 Å². The average Bonchev–Trinajstić information content (AvgIpc) is 2.78. The second kappa shape index (κ2) is 10.3. The minimum atomic E-state index is -3.49. The van der Waals surface area contributed by atoms with Gasteiger partial charge in [-0.1, -0.05) is 42.5 Å². The predicted octanol–water partition coefficient (Wildman–Crippen LogP) is 3.35. The molecule has 1 aliphatic rings. The highest BCUT2D eigenvalue weighted by atomic mass is 32.2. The minimum Gasteiger partial charge on any atom is -0.324 e. The van der Waals surface area contributed by atoms with Gasteiger partial charge in [0.1, 0.15) is 0 Å². The molecule has 0 spiro atoms. The standard InChI is InChI=1S/C22H27N3O3S2/c1-18(22(26)23-20-10-6-7-11-21(20)29-2)24-13-15-25(16-14-24)30(27,28)17-12-19-8-4-3-5-9-19/h3-12,17-18H,13-16H2,1-2H3,(H,23,26)/b17-12+. The van der Waals surface area contributed by atoms with Crippen molar-refractivity contribution in [2.45, 2.75) is 17.9 Å². The summed E-state index contributed by atoms with van der Waals surface area (Å²) in [5.74, 6) is -0.0863. The van der Waals surface area contributed by atoms with Gasteiger partial charge < -0.3 is 5.32 Å². The van der Waals surface area contributed by atoms with E-state index in [2.05, 4.69) is 5.32 Å². The lowest BCUT2D eigenvalue weighted by Gasteiger charge is -2.36. The maximum Gasteiger partial charge on any atom is 0.241 e. The van der Waals surface area contributed by atoms with E-state index in [1.165, 1.54) is 9.71 Å². The van der Waals surface area contributed by atoms with Gasteiger partial charge in [0, 0.05) is 36.5 Å². The zero-order valence-electron chi connectivity index (χ0n) is 17.2. The molecule has 0 aliphatic carbocycles.